The van der Waals surface area contributed by atoms with Crippen molar-refractivity contribution in [1.29, 1.82) is 0 Å². The molecule has 0 aromatic carbocycles. The fourth-order valence-electron chi connectivity index (χ4n) is 11.5. The number of carbonyl (C=O) groups is 2. The van der Waals surface area contributed by atoms with E-state index >= 15 is 0 Å². The van der Waals surface area contributed by atoms with Gasteiger partial charge in [0.2, 0.25) is 5.79 Å². The molecule has 9 unspecified atom stereocenters. The van der Waals surface area contributed by atoms with E-state index in [2.05, 4.69) is 13.8 Å². The Labute approximate surface area is 302 Å². The van der Waals surface area contributed by atoms with Crippen LogP contribution in [0, 0.1) is 35.0 Å². The van der Waals surface area contributed by atoms with E-state index in [1.807, 2.05) is 41.5 Å². The quantitative estimate of drug-likeness (QED) is 0.292. The number of Topliss-reactive ketones (excluding diaryl/α,β-unsaturated/α-hetero) is 1. The van der Waals surface area contributed by atoms with Crippen molar-refractivity contribution in [3.63, 3.8) is 0 Å². The Morgan fingerprint density at radius 2 is 1.76 bits per heavy atom. The molecular weight excluding hydrogens is 660 g/mol. The van der Waals surface area contributed by atoms with Crippen molar-refractivity contribution in [2.24, 2.45) is 35.0 Å². The average molecular weight is 721 g/mol. The van der Waals surface area contributed by atoms with Crippen LogP contribution in [0.3, 0.4) is 0 Å². The molecule has 12 nitrogen and oxygen atoms in total. The molecule has 288 valence electrons. The monoisotopic (exact) mass is 720 g/mol. The van der Waals surface area contributed by atoms with Crippen LogP contribution < -0.4 is 0 Å². The Balaban J connectivity index is 1.26. The molecule has 12 heteroatoms. The standard InChI is InChI=1S/C39H60O12/c1-12-26-36(10,43)31(41)21(5)29-18(2)15-35(9,49-29)32(47-27-14-25-13-19(3)37(25,16-20(4)40)24(8)45-27)22(6)30-28(34(42)46-26)38(50-30)17-39(44-11)33(51-39)23(7)48-38/h19,21-28,30-33,41,43H,12-17H2,1-11H3/t19?,21-,22-,23?,24?,25?,26+,27?,28+,30-,31+,32+,33?,35+,36+,37?,38?,39?/m0/s1. The Morgan fingerprint density at radius 1 is 1.06 bits per heavy atom. The summed E-state index contributed by atoms with van der Waals surface area (Å²) in [7, 11) is 1.58. The number of hydrogen-bond donors (Lipinski definition) is 2. The fourth-order valence-corrected chi connectivity index (χ4v) is 11.5. The summed E-state index contributed by atoms with van der Waals surface area (Å²) in [5.41, 5.74) is -2.02. The zero-order valence-electron chi connectivity index (χ0n) is 32.2. The van der Waals surface area contributed by atoms with Gasteiger partial charge in [-0.3, -0.25) is 4.79 Å². The van der Waals surface area contributed by atoms with Crippen molar-refractivity contribution < 1.29 is 57.7 Å². The molecule has 1 aliphatic carbocycles. The highest BCUT2D eigenvalue weighted by Crippen LogP contribution is 2.63. The molecule has 6 heterocycles. The van der Waals surface area contributed by atoms with E-state index in [1.165, 1.54) is 6.92 Å². The van der Waals surface area contributed by atoms with Crippen LogP contribution in [0.1, 0.15) is 108 Å². The molecule has 6 aliphatic heterocycles. The zero-order valence-corrected chi connectivity index (χ0v) is 32.2. The number of ether oxygens (including phenoxy) is 8. The highest BCUT2D eigenvalue weighted by Gasteiger charge is 2.77. The van der Waals surface area contributed by atoms with Gasteiger partial charge in [0, 0.05) is 43.6 Å². The first kappa shape index (κ1) is 37.7. The third-order valence-electron chi connectivity index (χ3n) is 14.2. The first-order valence-electron chi connectivity index (χ1n) is 19.2. The van der Waals surface area contributed by atoms with Crippen LogP contribution in [0.5, 0.6) is 0 Å². The van der Waals surface area contributed by atoms with Crippen LogP contribution in [0.2, 0.25) is 0 Å². The molecule has 1 saturated carbocycles. The lowest BCUT2D eigenvalue weighted by Gasteiger charge is -2.62. The highest BCUT2D eigenvalue weighted by atomic mass is 16.8. The maximum absolute atomic E-state index is 14.5. The van der Waals surface area contributed by atoms with E-state index in [1.54, 1.807) is 14.0 Å². The van der Waals surface area contributed by atoms with Crippen LogP contribution in [0.15, 0.2) is 11.3 Å². The van der Waals surface area contributed by atoms with Crippen molar-refractivity contribution in [2.45, 2.75) is 180 Å². The Kier molecular flexibility index (Phi) is 9.19. The van der Waals surface area contributed by atoms with Crippen LogP contribution in [-0.4, -0.2) is 101 Å². The number of hydrogen-bond acceptors (Lipinski definition) is 12. The summed E-state index contributed by atoms with van der Waals surface area (Å²) in [6.45, 7) is 18.9. The maximum atomic E-state index is 14.5. The minimum atomic E-state index is -1.81. The summed E-state index contributed by atoms with van der Waals surface area (Å²) >= 11 is 0. The number of fused-ring (bicyclic) bond motifs is 6. The normalized spacial score (nSPS) is 55.0. The second kappa shape index (κ2) is 12.4. The predicted molar refractivity (Wildman–Crippen MR) is 182 cm³/mol. The second-order valence-corrected chi connectivity index (χ2v) is 17.6. The molecule has 0 amide bonds. The number of rotatable bonds is 6. The van der Waals surface area contributed by atoms with E-state index in [0.29, 0.717) is 30.9 Å². The molecule has 0 radical (unpaired) electrons. The number of aliphatic hydroxyl groups excluding tert-OH is 1. The van der Waals surface area contributed by atoms with Crippen molar-refractivity contribution in [2.75, 3.05) is 7.11 Å². The minimum absolute atomic E-state index is 0.160. The van der Waals surface area contributed by atoms with E-state index in [-0.39, 0.29) is 42.2 Å². The smallest absolute Gasteiger partial charge is 0.317 e. The Morgan fingerprint density at radius 3 is 2.37 bits per heavy atom. The van der Waals surface area contributed by atoms with Gasteiger partial charge in [0.1, 0.15) is 47.0 Å². The lowest BCUT2D eigenvalue weighted by atomic mass is 9.47. The first-order chi connectivity index (χ1) is 23.8. The van der Waals surface area contributed by atoms with Gasteiger partial charge >= 0.3 is 5.97 Å². The lowest BCUT2D eigenvalue weighted by Crippen LogP contribution is -2.72. The van der Waals surface area contributed by atoms with Gasteiger partial charge in [-0.1, -0.05) is 27.7 Å². The Hall–Kier alpha value is -1.64. The third-order valence-corrected chi connectivity index (χ3v) is 14.2. The summed E-state index contributed by atoms with van der Waals surface area (Å²) in [4.78, 5) is 27.0. The topological polar surface area (TPSA) is 152 Å². The summed E-state index contributed by atoms with van der Waals surface area (Å²) in [6, 6.07) is 0. The van der Waals surface area contributed by atoms with Gasteiger partial charge in [0.25, 0.3) is 0 Å². The SMILES string of the molecule is CC[C@H]1OC(=O)[C@H]2[C@@H](OC23CC2(OC)OC2C(C)O3)[C@H](C)[C@@H](OC2CC3CC(C)C3(CC(C)=O)C(C)O2)[C@@]2(C)CC(C)=C(O2)[C@H](C)[C@@H](O)[C@]1(C)O. The van der Waals surface area contributed by atoms with E-state index in [9.17, 15) is 19.8 Å². The second-order valence-electron chi connectivity index (χ2n) is 17.6. The number of esters is 1. The predicted octanol–water partition coefficient (Wildman–Crippen LogP) is 4.56. The summed E-state index contributed by atoms with van der Waals surface area (Å²) in [5.74, 6) is -3.54. The number of cyclic esters (lactones) is 1. The van der Waals surface area contributed by atoms with Gasteiger partial charge in [-0.2, -0.15) is 0 Å². The summed E-state index contributed by atoms with van der Waals surface area (Å²) < 4.78 is 51.9. The van der Waals surface area contributed by atoms with Crippen LogP contribution in [0.25, 0.3) is 0 Å². The van der Waals surface area contributed by atoms with Gasteiger partial charge in [-0.25, -0.2) is 0 Å². The molecule has 6 fully saturated rings. The third kappa shape index (κ3) is 5.51. The van der Waals surface area contributed by atoms with Gasteiger partial charge < -0.3 is 52.9 Å². The zero-order chi connectivity index (χ0) is 37.2. The number of aliphatic hydroxyl groups is 2. The minimum Gasteiger partial charge on any atom is -0.489 e. The van der Waals surface area contributed by atoms with Gasteiger partial charge in [-0.15, -0.1) is 0 Å². The molecule has 0 aromatic heterocycles. The number of epoxide rings is 1. The van der Waals surface area contributed by atoms with Crippen molar-refractivity contribution in [3.8, 4) is 0 Å². The van der Waals surface area contributed by atoms with E-state index < -0.39 is 83.3 Å². The average Bonchev–Trinajstić information content (AvgIpc) is 3.71. The van der Waals surface area contributed by atoms with Crippen LogP contribution >= 0.6 is 0 Å². The molecule has 18 atom stereocenters. The molecule has 2 N–H and O–H groups in total. The molecule has 51 heavy (non-hydrogen) atoms. The molecule has 2 bridgehead atoms. The van der Waals surface area contributed by atoms with Crippen LogP contribution in [-0.2, 0) is 47.5 Å². The molecule has 7 rings (SSSR count). The first-order valence-corrected chi connectivity index (χ1v) is 19.2. The lowest BCUT2D eigenvalue weighted by molar-refractivity contribution is -0.421. The van der Waals surface area contributed by atoms with Crippen molar-refractivity contribution >= 4 is 11.8 Å². The van der Waals surface area contributed by atoms with E-state index in [4.69, 9.17) is 37.9 Å². The van der Waals surface area contributed by atoms with E-state index in [0.717, 1.165) is 12.0 Å². The molecule has 1 spiro atoms. The number of carbonyl (C=O) groups excluding carboxylic acids is 2. The molecule has 0 aromatic rings. The summed E-state index contributed by atoms with van der Waals surface area (Å²) in [5, 5.41) is 23.6. The number of ketones is 1. The molecule has 5 saturated heterocycles. The highest BCUT2D eigenvalue weighted by molar-refractivity contribution is 5.77. The van der Waals surface area contributed by atoms with Crippen molar-refractivity contribution in [3.05, 3.63) is 11.3 Å². The van der Waals surface area contributed by atoms with Gasteiger partial charge in [0.05, 0.1) is 30.8 Å². The maximum Gasteiger partial charge on any atom is 0.317 e. The molecular formula is C39H60O12. The summed E-state index contributed by atoms with van der Waals surface area (Å²) in [6.07, 6.45) is -2.18. The van der Waals surface area contributed by atoms with Crippen molar-refractivity contribution in [1.82, 2.24) is 0 Å². The van der Waals surface area contributed by atoms with Gasteiger partial charge in [-0.05, 0) is 71.8 Å². The molecule has 7 aliphatic rings. The number of methoxy groups -OCH3 is 1. The Bertz CT molecular complexity index is 1440. The largest absolute Gasteiger partial charge is 0.489 e. The van der Waals surface area contributed by atoms with Crippen LogP contribution in [0.4, 0.5) is 0 Å². The van der Waals surface area contributed by atoms with Gasteiger partial charge in [0.15, 0.2) is 12.1 Å². The fraction of sp³-hybridized carbons (Fsp3) is 0.897.